The van der Waals surface area contributed by atoms with Crippen LogP contribution in [0.3, 0.4) is 0 Å². The molecule has 3 N–H and O–H groups in total. The van der Waals surface area contributed by atoms with Gasteiger partial charge in [-0.3, -0.25) is 4.79 Å². The third-order valence-corrected chi connectivity index (χ3v) is 5.49. The summed E-state index contributed by atoms with van der Waals surface area (Å²) in [6.07, 6.45) is 0.504. The number of hydrogen-bond donors (Lipinski definition) is 2. The van der Waals surface area contributed by atoms with Crippen LogP contribution < -0.4 is 10.5 Å². The number of carbonyl (C=O) groups is 1. The summed E-state index contributed by atoms with van der Waals surface area (Å²) in [4.78, 5) is 11.0. The molecule has 1 atom stereocenters. The maximum atomic E-state index is 11.0. The number of anilines is 1. The average Bonchev–Trinajstić information content (AvgIpc) is 2.70. The molecule has 4 nitrogen and oxygen atoms in total. The van der Waals surface area contributed by atoms with Gasteiger partial charge in [-0.25, -0.2) is 0 Å². The molecular weight excluding hydrogens is 362 g/mol. The van der Waals surface area contributed by atoms with Gasteiger partial charge in [-0.05, 0) is 58.4 Å². The first kappa shape index (κ1) is 20.7. The minimum absolute atomic E-state index is 0.0706. The number of fused-ring (bicyclic) bond motifs is 1. The molecular formula is C25H29NO3. The number of rotatable bonds is 8. The fraction of sp³-hybridized carbons (Fsp3) is 0.320. The molecule has 0 aliphatic rings. The first-order valence-electron chi connectivity index (χ1n) is 10.1. The second kappa shape index (κ2) is 8.99. The van der Waals surface area contributed by atoms with Crippen molar-refractivity contribution in [2.45, 2.75) is 33.6 Å². The van der Waals surface area contributed by atoms with E-state index < -0.39 is 5.97 Å². The number of benzene rings is 3. The van der Waals surface area contributed by atoms with Gasteiger partial charge in [0.05, 0.1) is 12.3 Å². The number of nitrogens with two attached hydrogens (primary N) is 1. The molecule has 0 heterocycles. The highest BCUT2D eigenvalue weighted by atomic mass is 16.5. The van der Waals surface area contributed by atoms with E-state index in [1.165, 1.54) is 5.39 Å². The van der Waals surface area contributed by atoms with Crippen molar-refractivity contribution in [1.82, 2.24) is 0 Å². The summed E-state index contributed by atoms with van der Waals surface area (Å²) >= 11 is 0. The molecule has 1 unspecified atom stereocenters. The lowest BCUT2D eigenvalue weighted by Gasteiger charge is -2.20. The minimum atomic E-state index is -0.818. The van der Waals surface area contributed by atoms with Crippen LogP contribution in [0.5, 0.6) is 5.75 Å². The summed E-state index contributed by atoms with van der Waals surface area (Å²) < 4.78 is 6.20. The summed E-state index contributed by atoms with van der Waals surface area (Å²) in [5.74, 6) is 0.759. The summed E-state index contributed by atoms with van der Waals surface area (Å²) in [7, 11) is 0. The lowest BCUT2D eigenvalue weighted by atomic mass is 9.96. The van der Waals surface area contributed by atoms with E-state index in [1.807, 2.05) is 24.3 Å². The van der Waals surface area contributed by atoms with E-state index in [0.717, 1.165) is 22.1 Å². The van der Waals surface area contributed by atoms with Gasteiger partial charge >= 0.3 is 5.97 Å². The Morgan fingerprint density at radius 3 is 2.45 bits per heavy atom. The van der Waals surface area contributed by atoms with E-state index in [9.17, 15) is 4.79 Å². The van der Waals surface area contributed by atoms with Gasteiger partial charge in [-0.15, -0.1) is 0 Å². The van der Waals surface area contributed by atoms with Crippen molar-refractivity contribution >= 4 is 22.4 Å². The quantitative estimate of drug-likeness (QED) is 0.478. The van der Waals surface area contributed by atoms with Crippen LogP contribution >= 0.6 is 0 Å². The van der Waals surface area contributed by atoms with Crippen LogP contribution in [-0.4, -0.2) is 17.7 Å². The number of hydrogen-bond acceptors (Lipinski definition) is 3. The topological polar surface area (TPSA) is 72.5 Å². The Bertz CT molecular complexity index is 1010. The zero-order valence-corrected chi connectivity index (χ0v) is 17.3. The molecule has 0 aliphatic heterocycles. The van der Waals surface area contributed by atoms with Crippen LogP contribution in [0.25, 0.3) is 21.9 Å². The minimum Gasteiger partial charge on any atom is -0.490 e. The van der Waals surface area contributed by atoms with Crippen molar-refractivity contribution in [2.75, 3.05) is 12.3 Å². The highest BCUT2D eigenvalue weighted by Crippen LogP contribution is 2.38. The van der Waals surface area contributed by atoms with Gasteiger partial charge in [-0.2, -0.15) is 0 Å². The Morgan fingerprint density at radius 1 is 1.03 bits per heavy atom. The maximum absolute atomic E-state index is 11.0. The Hall–Kier alpha value is -3.01. The van der Waals surface area contributed by atoms with Crippen molar-refractivity contribution in [3.63, 3.8) is 0 Å². The molecule has 0 aliphatic carbocycles. The van der Waals surface area contributed by atoms with Crippen LogP contribution in [0.4, 0.5) is 5.69 Å². The van der Waals surface area contributed by atoms with Gasteiger partial charge in [0.15, 0.2) is 0 Å². The number of nitrogen functional groups attached to an aromatic ring is 1. The van der Waals surface area contributed by atoms with E-state index in [4.69, 9.17) is 15.6 Å². The molecule has 0 fully saturated rings. The van der Waals surface area contributed by atoms with Gasteiger partial charge < -0.3 is 15.6 Å². The standard InChI is InChI=1S/C25H29NO3/c1-16(2)17(3)15-29-25-22(12-18(13-23(25)26)8-11-24(27)28)21-10-9-19-6-4-5-7-20(19)14-21/h4-7,9-10,12-14,16-17H,8,11,15,26H2,1-3H3,(H,27,28). The van der Waals surface area contributed by atoms with Crippen LogP contribution in [0.2, 0.25) is 0 Å². The maximum Gasteiger partial charge on any atom is 0.303 e. The monoisotopic (exact) mass is 391 g/mol. The Kier molecular flexibility index (Phi) is 6.42. The lowest BCUT2D eigenvalue weighted by Crippen LogP contribution is -2.15. The van der Waals surface area contributed by atoms with Crippen LogP contribution in [0.15, 0.2) is 54.6 Å². The summed E-state index contributed by atoms with van der Waals surface area (Å²) in [6.45, 7) is 7.10. The molecule has 152 valence electrons. The molecule has 0 saturated carbocycles. The van der Waals surface area contributed by atoms with Crippen molar-refractivity contribution in [1.29, 1.82) is 0 Å². The van der Waals surface area contributed by atoms with Crippen LogP contribution in [0, 0.1) is 11.8 Å². The number of carboxylic acids is 1. The molecule has 0 bridgehead atoms. The van der Waals surface area contributed by atoms with Crippen LogP contribution in [0.1, 0.15) is 32.8 Å². The highest BCUT2D eigenvalue weighted by Gasteiger charge is 2.16. The van der Waals surface area contributed by atoms with E-state index in [-0.39, 0.29) is 6.42 Å². The van der Waals surface area contributed by atoms with Gasteiger partial charge in [0.25, 0.3) is 0 Å². The van der Waals surface area contributed by atoms with E-state index in [0.29, 0.717) is 36.3 Å². The number of carboxylic acid groups (broad SMARTS) is 1. The zero-order valence-electron chi connectivity index (χ0n) is 17.3. The fourth-order valence-electron chi connectivity index (χ4n) is 3.25. The molecule has 0 spiro atoms. The number of aryl methyl sites for hydroxylation is 1. The molecule has 29 heavy (non-hydrogen) atoms. The van der Waals surface area contributed by atoms with Crippen molar-refractivity contribution in [3.05, 3.63) is 60.2 Å². The van der Waals surface area contributed by atoms with Gasteiger partial charge in [0, 0.05) is 12.0 Å². The molecule has 3 rings (SSSR count). The third-order valence-electron chi connectivity index (χ3n) is 5.49. The van der Waals surface area contributed by atoms with Crippen molar-refractivity contribution in [2.24, 2.45) is 11.8 Å². The summed E-state index contributed by atoms with van der Waals surface area (Å²) in [5, 5.41) is 11.4. The van der Waals surface area contributed by atoms with Gasteiger partial charge in [-0.1, -0.05) is 57.2 Å². The molecule has 4 heteroatoms. The molecule has 0 saturated heterocycles. The molecule has 3 aromatic rings. The highest BCUT2D eigenvalue weighted by molar-refractivity contribution is 5.89. The van der Waals surface area contributed by atoms with Crippen molar-refractivity contribution in [3.8, 4) is 16.9 Å². The van der Waals surface area contributed by atoms with E-state index in [2.05, 4.69) is 51.1 Å². The summed E-state index contributed by atoms with van der Waals surface area (Å²) in [5.41, 5.74) is 9.74. The molecule has 3 aromatic carbocycles. The first-order valence-corrected chi connectivity index (χ1v) is 10.1. The smallest absolute Gasteiger partial charge is 0.303 e. The predicted octanol–water partition coefficient (Wildman–Crippen LogP) is 5.78. The number of aliphatic carboxylic acids is 1. The largest absolute Gasteiger partial charge is 0.490 e. The van der Waals surface area contributed by atoms with Crippen LogP contribution in [-0.2, 0) is 11.2 Å². The number of ether oxygens (including phenoxy) is 1. The van der Waals surface area contributed by atoms with E-state index in [1.54, 1.807) is 0 Å². The summed E-state index contributed by atoms with van der Waals surface area (Å²) in [6, 6.07) is 18.3. The molecule has 0 aromatic heterocycles. The SMILES string of the molecule is CC(C)C(C)COc1c(N)cc(CCC(=O)O)cc1-c1ccc2ccccc2c1. The Morgan fingerprint density at radius 2 is 1.76 bits per heavy atom. The molecule has 0 radical (unpaired) electrons. The van der Waals surface area contributed by atoms with Crippen molar-refractivity contribution < 1.29 is 14.6 Å². The predicted molar refractivity (Wildman–Crippen MR) is 119 cm³/mol. The zero-order chi connectivity index (χ0) is 21.0. The Balaban J connectivity index is 2.04. The Labute approximate surface area is 172 Å². The van der Waals surface area contributed by atoms with Gasteiger partial charge in [0.1, 0.15) is 5.75 Å². The van der Waals surface area contributed by atoms with Gasteiger partial charge in [0.2, 0.25) is 0 Å². The van der Waals surface area contributed by atoms with E-state index >= 15 is 0 Å². The fourth-order valence-corrected chi connectivity index (χ4v) is 3.25. The molecule has 0 amide bonds. The normalized spacial score (nSPS) is 12.3. The third kappa shape index (κ3) is 5.08. The average molecular weight is 392 g/mol. The second-order valence-electron chi connectivity index (χ2n) is 8.05. The second-order valence-corrected chi connectivity index (χ2v) is 8.05. The lowest BCUT2D eigenvalue weighted by molar-refractivity contribution is -0.136. The first-order chi connectivity index (χ1) is 13.8.